The molecule has 0 saturated heterocycles. The molecular weight excluding hydrogens is 803 g/mol. The van der Waals surface area contributed by atoms with Gasteiger partial charge in [-0.15, -0.1) is 11.3 Å². The van der Waals surface area contributed by atoms with Crippen molar-refractivity contribution in [3.05, 3.63) is 287 Å². The van der Waals surface area contributed by atoms with Gasteiger partial charge in [-0.05, 0) is 122 Å². The minimum atomic E-state index is -0.553. The number of rotatable bonds is 7. The third-order valence-corrected chi connectivity index (χ3v) is 15.6. The first-order valence-corrected chi connectivity index (χ1v) is 23.4. The Hall–Kier alpha value is -7.78. The SMILES string of the molecule is C=CC1=C(/C=C\C)C(c2ccccc2)(c2ccc(N(c3ccc4sc5ccccc5c4c3)c3cccc4c3C3(c5ccccc5-c5ccccc53)c3ccccc3-4)cc2)c2ccccc21. The summed E-state index contributed by atoms with van der Waals surface area (Å²) in [4.78, 5) is 2.54. The van der Waals surface area contributed by atoms with Gasteiger partial charge >= 0.3 is 0 Å². The van der Waals surface area contributed by atoms with Crippen LogP contribution in [0.2, 0.25) is 0 Å². The molecule has 1 unspecified atom stereocenters. The number of benzene rings is 9. The molecule has 0 fully saturated rings. The molecule has 1 heterocycles. The zero-order valence-corrected chi connectivity index (χ0v) is 36.8. The molecule has 0 amide bonds. The average molecular weight is 846 g/mol. The van der Waals surface area contributed by atoms with Gasteiger partial charge in [0, 0.05) is 37.1 Å². The van der Waals surface area contributed by atoms with Gasteiger partial charge in [-0.1, -0.05) is 195 Å². The lowest BCUT2D eigenvalue weighted by Gasteiger charge is -2.37. The predicted molar refractivity (Wildman–Crippen MR) is 275 cm³/mol. The molecule has 0 bridgehead atoms. The first kappa shape index (κ1) is 37.7. The number of hydrogen-bond acceptors (Lipinski definition) is 2. The molecule has 1 spiro atoms. The monoisotopic (exact) mass is 845 g/mol. The molecule has 2 heteroatoms. The molecule has 0 aliphatic heterocycles. The molecule has 9 aromatic carbocycles. The maximum Gasteiger partial charge on any atom is 0.0746 e. The third-order valence-electron chi connectivity index (χ3n) is 14.5. The van der Waals surface area contributed by atoms with E-state index in [1.54, 1.807) is 0 Å². The second-order valence-electron chi connectivity index (χ2n) is 17.4. The normalized spacial score (nSPS) is 16.2. The van der Waals surface area contributed by atoms with Crippen molar-refractivity contribution in [2.75, 3.05) is 4.90 Å². The van der Waals surface area contributed by atoms with Crippen LogP contribution in [0.5, 0.6) is 0 Å². The summed E-state index contributed by atoms with van der Waals surface area (Å²) < 4.78 is 2.59. The van der Waals surface area contributed by atoms with E-state index in [9.17, 15) is 0 Å². The number of fused-ring (bicyclic) bond motifs is 14. The van der Waals surface area contributed by atoms with Gasteiger partial charge < -0.3 is 4.90 Å². The molecule has 1 nitrogen and oxygen atoms in total. The van der Waals surface area contributed by atoms with Crippen LogP contribution < -0.4 is 4.90 Å². The Balaban J connectivity index is 1.10. The zero-order valence-electron chi connectivity index (χ0n) is 36.0. The highest BCUT2D eigenvalue weighted by atomic mass is 32.1. The van der Waals surface area contributed by atoms with Crippen molar-refractivity contribution in [3.8, 4) is 22.3 Å². The topological polar surface area (TPSA) is 3.24 Å². The fraction of sp³-hybridized carbons (Fsp3) is 0.0476. The summed E-state index contributed by atoms with van der Waals surface area (Å²) in [6.07, 6.45) is 6.51. The van der Waals surface area contributed by atoms with Crippen LogP contribution in [-0.2, 0) is 10.8 Å². The highest BCUT2D eigenvalue weighted by molar-refractivity contribution is 7.25. The number of nitrogens with zero attached hydrogens (tertiary/aromatic N) is 1. The summed E-state index contributed by atoms with van der Waals surface area (Å²) in [7, 11) is 0. The lowest BCUT2D eigenvalue weighted by atomic mass is 9.66. The third kappa shape index (κ3) is 5.03. The molecule has 3 aliphatic carbocycles. The van der Waals surface area contributed by atoms with Crippen molar-refractivity contribution in [2.24, 2.45) is 0 Å². The highest BCUT2D eigenvalue weighted by Crippen LogP contribution is 2.65. The lowest BCUT2D eigenvalue weighted by Crippen LogP contribution is -2.29. The summed E-state index contributed by atoms with van der Waals surface area (Å²) in [6, 6.07) is 79.6. The van der Waals surface area contributed by atoms with Crippen LogP contribution in [-0.4, -0.2) is 0 Å². The minimum absolute atomic E-state index is 0.523. The van der Waals surface area contributed by atoms with Crippen LogP contribution in [0.3, 0.4) is 0 Å². The van der Waals surface area contributed by atoms with Crippen LogP contribution in [0.1, 0.15) is 51.4 Å². The maximum absolute atomic E-state index is 4.37. The molecule has 1 atom stereocenters. The number of anilines is 3. The number of hydrogen-bond donors (Lipinski definition) is 0. The van der Waals surface area contributed by atoms with Gasteiger partial charge in [0.25, 0.3) is 0 Å². The summed E-state index contributed by atoms with van der Waals surface area (Å²) in [5, 5.41) is 2.56. The molecule has 13 rings (SSSR count). The van der Waals surface area contributed by atoms with Gasteiger partial charge in [0.15, 0.2) is 0 Å². The number of thiophene rings is 1. The van der Waals surface area contributed by atoms with Gasteiger partial charge in [0.1, 0.15) is 0 Å². The molecule has 0 N–H and O–H groups in total. The highest BCUT2D eigenvalue weighted by Gasteiger charge is 2.53. The van der Waals surface area contributed by atoms with E-state index >= 15 is 0 Å². The predicted octanol–water partition coefficient (Wildman–Crippen LogP) is 16.7. The Morgan fingerprint density at radius 2 is 0.969 bits per heavy atom. The van der Waals surface area contributed by atoms with Crippen LogP contribution in [0.4, 0.5) is 17.1 Å². The fourth-order valence-corrected chi connectivity index (χ4v) is 13.2. The van der Waals surface area contributed by atoms with E-state index in [4.69, 9.17) is 0 Å². The second-order valence-corrected chi connectivity index (χ2v) is 18.5. The van der Waals surface area contributed by atoms with Crippen molar-refractivity contribution in [2.45, 2.75) is 17.8 Å². The van der Waals surface area contributed by atoms with E-state index < -0.39 is 10.8 Å². The Bertz CT molecular complexity index is 3580. The minimum Gasteiger partial charge on any atom is -0.310 e. The van der Waals surface area contributed by atoms with Crippen LogP contribution >= 0.6 is 11.3 Å². The first-order valence-electron chi connectivity index (χ1n) is 22.6. The van der Waals surface area contributed by atoms with E-state index in [-0.39, 0.29) is 0 Å². The summed E-state index contributed by atoms with van der Waals surface area (Å²) in [6.45, 7) is 6.49. The lowest BCUT2D eigenvalue weighted by molar-refractivity contribution is 0.761. The Morgan fingerprint density at radius 1 is 0.446 bits per heavy atom. The zero-order chi connectivity index (χ0) is 43.3. The molecule has 65 heavy (non-hydrogen) atoms. The van der Waals surface area contributed by atoms with E-state index in [0.29, 0.717) is 0 Å². The summed E-state index contributed by atoms with van der Waals surface area (Å²) in [5.74, 6) is 0. The first-order chi connectivity index (χ1) is 32.2. The van der Waals surface area contributed by atoms with Crippen molar-refractivity contribution in [1.29, 1.82) is 0 Å². The summed E-state index contributed by atoms with van der Waals surface area (Å²) in [5.41, 5.74) is 20.2. The fourth-order valence-electron chi connectivity index (χ4n) is 12.1. The van der Waals surface area contributed by atoms with Crippen molar-refractivity contribution in [3.63, 3.8) is 0 Å². The molecule has 3 aliphatic rings. The molecule has 10 aromatic rings. The van der Waals surface area contributed by atoms with E-state index in [1.807, 2.05) is 17.4 Å². The van der Waals surface area contributed by atoms with Crippen molar-refractivity contribution < 1.29 is 0 Å². The molecular formula is C63H43NS. The van der Waals surface area contributed by atoms with Crippen LogP contribution in [0.25, 0.3) is 48.0 Å². The summed E-state index contributed by atoms with van der Waals surface area (Å²) >= 11 is 1.86. The van der Waals surface area contributed by atoms with Gasteiger partial charge in [-0.2, -0.15) is 0 Å². The smallest absolute Gasteiger partial charge is 0.0746 e. The van der Waals surface area contributed by atoms with Crippen LogP contribution in [0.15, 0.2) is 243 Å². The van der Waals surface area contributed by atoms with Gasteiger partial charge in [-0.25, -0.2) is 0 Å². The average Bonchev–Trinajstić information content (AvgIpc) is 4.07. The van der Waals surface area contributed by atoms with Crippen molar-refractivity contribution in [1.82, 2.24) is 0 Å². The van der Waals surface area contributed by atoms with Crippen molar-refractivity contribution >= 4 is 54.1 Å². The molecule has 0 radical (unpaired) electrons. The van der Waals surface area contributed by atoms with Gasteiger partial charge in [-0.3, -0.25) is 0 Å². The largest absolute Gasteiger partial charge is 0.310 e. The molecule has 1 aromatic heterocycles. The maximum atomic E-state index is 4.37. The van der Waals surface area contributed by atoms with Gasteiger partial charge in [0.05, 0.1) is 16.5 Å². The Morgan fingerprint density at radius 3 is 1.63 bits per heavy atom. The Kier molecular flexibility index (Phi) is 8.35. The van der Waals surface area contributed by atoms with Crippen LogP contribution in [0, 0.1) is 0 Å². The second kappa shape index (κ2) is 14.4. The molecule has 0 saturated carbocycles. The number of allylic oxidation sites excluding steroid dienone is 5. The molecule has 306 valence electrons. The Labute approximate surface area is 384 Å². The van der Waals surface area contributed by atoms with E-state index in [2.05, 4.69) is 243 Å². The quantitative estimate of drug-likeness (QED) is 0.154. The van der Waals surface area contributed by atoms with E-state index in [1.165, 1.54) is 104 Å². The standard InChI is InChI=1S/C63H43NS/c1-3-19-53-45(4-2)46-22-8-13-28-54(46)62(53,41-20-6-5-7-21-41)42-34-36-43(37-35-42)64(44-38-39-60-52(40-44)50-26-12-17-33-59(50)65-60)58-32-18-27-51-49-25-11-16-31-57(49)63(61(51)58)55-29-14-9-23-47(55)48-24-10-15-30-56(48)63/h3-40H,2H2,1H3/b19-3-. The van der Waals surface area contributed by atoms with E-state index in [0.717, 1.165) is 11.4 Å². The van der Waals surface area contributed by atoms with Gasteiger partial charge in [0.2, 0.25) is 0 Å².